The van der Waals surface area contributed by atoms with E-state index in [1.807, 2.05) is 77.1 Å². The first kappa shape index (κ1) is 23.6. The van der Waals surface area contributed by atoms with Gasteiger partial charge < -0.3 is 10.6 Å². The van der Waals surface area contributed by atoms with Crippen LogP contribution in [0.4, 0.5) is 22.2 Å². The van der Waals surface area contributed by atoms with Crippen molar-refractivity contribution in [1.82, 2.24) is 29.0 Å². The molecule has 0 bridgehead atoms. The minimum atomic E-state index is -0.396. The highest BCUT2D eigenvalue weighted by Crippen LogP contribution is 2.34. The van der Waals surface area contributed by atoms with E-state index in [-0.39, 0.29) is 6.03 Å². The summed E-state index contributed by atoms with van der Waals surface area (Å²) in [4.78, 5) is 26.7. The van der Waals surface area contributed by atoms with Crippen LogP contribution in [0.15, 0.2) is 48.7 Å². The van der Waals surface area contributed by atoms with Gasteiger partial charge in [-0.25, -0.2) is 14.8 Å². The first-order valence-corrected chi connectivity index (χ1v) is 12.2. The van der Waals surface area contributed by atoms with Crippen LogP contribution in [0.25, 0.3) is 33.2 Å². The molecule has 0 spiro atoms. The molecule has 3 heterocycles. The zero-order valence-corrected chi connectivity index (χ0v) is 21.5. The van der Waals surface area contributed by atoms with E-state index in [1.165, 1.54) is 11.7 Å². The maximum Gasteiger partial charge on any atom is 0.320 e. The molecule has 0 aliphatic rings. The van der Waals surface area contributed by atoms with Gasteiger partial charge >= 0.3 is 6.03 Å². The highest BCUT2D eigenvalue weighted by Gasteiger charge is 2.19. The lowest BCUT2D eigenvalue weighted by Gasteiger charge is -2.22. The molecule has 0 saturated heterocycles. The van der Waals surface area contributed by atoms with Gasteiger partial charge in [-0.2, -0.15) is 13.7 Å². The van der Waals surface area contributed by atoms with Crippen LogP contribution < -0.4 is 16.0 Å². The van der Waals surface area contributed by atoms with Gasteiger partial charge in [-0.1, -0.05) is 18.2 Å². The van der Waals surface area contributed by atoms with E-state index >= 15 is 0 Å². The third-order valence-electron chi connectivity index (χ3n) is 5.55. The predicted molar refractivity (Wildman–Crippen MR) is 145 cm³/mol. The number of anilines is 3. The topological polar surface area (TPSA) is 118 Å². The molecule has 0 unspecified atom stereocenters. The standard InChI is InChI=1S/C26H26N8OS/c1-14-7-6-8-15(2)21(14)18-11-16-13-27-24(28-17-9-10-19-20(12-17)34-36-33-19)30-22(16)29-23(18)31-25(35)32-26(3,4)5/h6-13H,1-5H3,(H3,27,28,29,30,31,32,35). The van der Waals surface area contributed by atoms with E-state index in [1.54, 1.807) is 6.20 Å². The number of carbonyl (C=O) groups excluding carboxylic acids is 1. The number of carbonyl (C=O) groups is 1. The van der Waals surface area contributed by atoms with E-state index < -0.39 is 5.54 Å². The summed E-state index contributed by atoms with van der Waals surface area (Å²) in [6, 6.07) is 13.4. The molecule has 0 aliphatic carbocycles. The van der Waals surface area contributed by atoms with E-state index in [0.29, 0.717) is 17.4 Å². The molecule has 0 fully saturated rings. The quantitative estimate of drug-likeness (QED) is 0.279. The van der Waals surface area contributed by atoms with Crippen LogP contribution in [0, 0.1) is 13.8 Å². The Hall–Kier alpha value is -4.18. The molecule has 36 heavy (non-hydrogen) atoms. The van der Waals surface area contributed by atoms with Gasteiger partial charge in [-0.3, -0.25) is 5.32 Å². The smallest absolute Gasteiger partial charge is 0.320 e. The van der Waals surface area contributed by atoms with Crippen LogP contribution in [-0.2, 0) is 0 Å². The molecule has 0 aliphatic heterocycles. The molecule has 10 heteroatoms. The average Bonchev–Trinajstić information content (AvgIpc) is 3.26. The van der Waals surface area contributed by atoms with Gasteiger partial charge in [0, 0.05) is 28.4 Å². The van der Waals surface area contributed by atoms with Crippen molar-refractivity contribution < 1.29 is 4.79 Å². The number of urea groups is 1. The number of aromatic nitrogens is 5. The Labute approximate surface area is 212 Å². The Morgan fingerprint density at radius 1 is 0.944 bits per heavy atom. The fraction of sp³-hybridized carbons (Fsp3) is 0.231. The molecule has 5 rings (SSSR count). The van der Waals surface area contributed by atoms with Crippen molar-refractivity contribution in [3.8, 4) is 11.1 Å². The van der Waals surface area contributed by atoms with E-state index in [4.69, 9.17) is 4.98 Å². The maximum atomic E-state index is 12.8. The van der Waals surface area contributed by atoms with Crippen molar-refractivity contribution >= 4 is 57.3 Å². The summed E-state index contributed by atoms with van der Waals surface area (Å²) in [6.45, 7) is 9.87. The molecule has 5 aromatic rings. The zero-order chi connectivity index (χ0) is 25.4. The second-order valence-electron chi connectivity index (χ2n) is 9.68. The molecule has 0 radical (unpaired) electrons. The summed E-state index contributed by atoms with van der Waals surface area (Å²) in [5.74, 6) is 0.823. The predicted octanol–water partition coefficient (Wildman–Crippen LogP) is 5.98. The number of hydrogen-bond acceptors (Lipinski definition) is 8. The fourth-order valence-electron chi connectivity index (χ4n) is 4.02. The average molecular weight is 499 g/mol. The molecule has 182 valence electrons. The van der Waals surface area contributed by atoms with Gasteiger partial charge in [0.15, 0.2) is 5.65 Å². The van der Waals surface area contributed by atoms with Gasteiger partial charge in [0.1, 0.15) is 16.9 Å². The Morgan fingerprint density at radius 2 is 1.69 bits per heavy atom. The monoisotopic (exact) mass is 498 g/mol. The Morgan fingerprint density at radius 3 is 2.44 bits per heavy atom. The number of fused-ring (bicyclic) bond motifs is 2. The molecular formula is C26H26N8OS. The first-order chi connectivity index (χ1) is 17.2. The van der Waals surface area contributed by atoms with Crippen LogP contribution in [0.1, 0.15) is 31.9 Å². The number of hydrogen-bond donors (Lipinski definition) is 3. The van der Waals surface area contributed by atoms with Gasteiger partial charge in [0.2, 0.25) is 5.95 Å². The van der Waals surface area contributed by atoms with Crippen molar-refractivity contribution in [2.75, 3.05) is 10.6 Å². The second kappa shape index (κ2) is 9.12. The third-order valence-corrected chi connectivity index (χ3v) is 6.11. The minimum absolute atomic E-state index is 0.334. The summed E-state index contributed by atoms with van der Waals surface area (Å²) in [5.41, 5.74) is 6.51. The number of amides is 2. The Bertz CT molecular complexity index is 1590. The molecule has 0 saturated carbocycles. The molecule has 9 nitrogen and oxygen atoms in total. The molecule has 2 amide bonds. The van der Waals surface area contributed by atoms with Crippen molar-refractivity contribution in [2.45, 2.75) is 40.2 Å². The van der Waals surface area contributed by atoms with Crippen molar-refractivity contribution in [2.24, 2.45) is 0 Å². The largest absolute Gasteiger partial charge is 0.333 e. The molecular weight excluding hydrogens is 472 g/mol. The summed E-state index contributed by atoms with van der Waals surface area (Å²) >= 11 is 1.17. The van der Waals surface area contributed by atoms with Crippen molar-refractivity contribution in [3.63, 3.8) is 0 Å². The third kappa shape index (κ3) is 4.94. The summed E-state index contributed by atoms with van der Waals surface area (Å²) < 4.78 is 8.51. The van der Waals surface area contributed by atoms with Crippen LogP contribution in [0.5, 0.6) is 0 Å². The first-order valence-electron chi connectivity index (χ1n) is 11.5. The van der Waals surface area contributed by atoms with Crippen molar-refractivity contribution in [3.05, 3.63) is 59.8 Å². The number of rotatable bonds is 4. The minimum Gasteiger partial charge on any atom is -0.333 e. The van der Waals surface area contributed by atoms with Gasteiger partial charge in [-0.15, -0.1) is 0 Å². The number of benzene rings is 2. The summed E-state index contributed by atoms with van der Waals surface area (Å²) in [7, 11) is 0. The summed E-state index contributed by atoms with van der Waals surface area (Å²) in [5, 5.41) is 9.85. The maximum absolute atomic E-state index is 12.8. The van der Waals surface area contributed by atoms with Crippen molar-refractivity contribution in [1.29, 1.82) is 0 Å². The zero-order valence-electron chi connectivity index (χ0n) is 20.7. The van der Waals surface area contributed by atoms with Gasteiger partial charge in [-0.05, 0) is 75.6 Å². The Kier molecular flexibility index (Phi) is 5.97. The van der Waals surface area contributed by atoms with Crippen LogP contribution in [0.3, 0.4) is 0 Å². The van der Waals surface area contributed by atoms with E-state index in [0.717, 1.165) is 44.4 Å². The molecule has 2 aromatic carbocycles. The number of pyridine rings is 1. The van der Waals surface area contributed by atoms with E-state index in [9.17, 15) is 4.79 Å². The van der Waals surface area contributed by atoms with Crippen LogP contribution >= 0.6 is 11.7 Å². The lowest BCUT2D eigenvalue weighted by atomic mass is 9.95. The number of aryl methyl sites for hydroxylation is 2. The second-order valence-corrected chi connectivity index (χ2v) is 10.2. The summed E-state index contributed by atoms with van der Waals surface area (Å²) in [6.07, 6.45) is 1.73. The molecule has 3 N–H and O–H groups in total. The SMILES string of the molecule is Cc1cccc(C)c1-c1cc2cnc(Nc3ccc4nsnc4c3)nc2nc1NC(=O)NC(C)(C)C. The van der Waals surface area contributed by atoms with E-state index in [2.05, 4.69) is 34.7 Å². The van der Waals surface area contributed by atoms with Gasteiger partial charge in [0.05, 0.1) is 11.7 Å². The van der Waals surface area contributed by atoms with Crippen LogP contribution in [-0.4, -0.2) is 35.3 Å². The molecule has 3 aromatic heterocycles. The lowest BCUT2D eigenvalue weighted by molar-refractivity contribution is 0.243. The normalized spacial score (nSPS) is 11.6. The number of nitrogens with one attached hydrogen (secondary N) is 3. The molecule has 0 atom stereocenters. The van der Waals surface area contributed by atoms with Gasteiger partial charge in [0.25, 0.3) is 0 Å². The Balaban J connectivity index is 1.57. The number of nitrogens with zero attached hydrogens (tertiary/aromatic N) is 5. The fourth-order valence-corrected chi connectivity index (χ4v) is 4.53. The highest BCUT2D eigenvalue weighted by atomic mass is 32.1. The lowest BCUT2D eigenvalue weighted by Crippen LogP contribution is -2.43. The van der Waals surface area contributed by atoms with Crippen LogP contribution in [0.2, 0.25) is 0 Å². The highest BCUT2D eigenvalue weighted by molar-refractivity contribution is 7.00.